The van der Waals surface area contributed by atoms with Crippen molar-refractivity contribution in [3.05, 3.63) is 28.8 Å². The van der Waals surface area contributed by atoms with Crippen LogP contribution in [-0.2, 0) is 0 Å². The lowest BCUT2D eigenvalue weighted by Crippen LogP contribution is -2.31. The summed E-state index contributed by atoms with van der Waals surface area (Å²) < 4.78 is 0. The third-order valence-corrected chi connectivity index (χ3v) is 4.88. The normalized spacial score (nSPS) is 22.9. The van der Waals surface area contributed by atoms with Crippen LogP contribution in [-0.4, -0.2) is 11.9 Å². The fraction of sp³-hybridized carbons (Fsp3) is 0.588. The van der Waals surface area contributed by atoms with Crippen LogP contribution in [0, 0.1) is 11.3 Å². The Hall–Kier alpha value is -1.22. The zero-order chi connectivity index (χ0) is 15.6. The third kappa shape index (κ3) is 4.13. The van der Waals surface area contributed by atoms with Gasteiger partial charge in [-0.15, -0.1) is 0 Å². The Bertz CT molecular complexity index is 514. The molecule has 0 heterocycles. The maximum absolute atomic E-state index is 11.3. The molecule has 1 aromatic rings. The molecule has 21 heavy (non-hydrogen) atoms. The van der Waals surface area contributed by atoms with Crippen LogP contribution in [0.15, 0.2) is 18.2 Å². The van der Waals surface area contributed by atoms with Gasteiger partial charge in [0.05, 0.1) is 10.6 Å². The minimum atomic E-state index is -0.486. The van der Waals surface area contributed by atoms with Crippen molar-refractivity contribution in [2.75, 3.05) is 5.32 Å². The molecule has 2 rings (SSSR count). The Morgan fingerprint density at radius 1 is 1.24 bits per heavy atom. The molecule has 1 aromatic carbocycles. The first-order valence-corrected chi connectivity index (χ1v) is 8.01. The number of nitrogens with two attached hydrogens (primary N) is 1. The third-order valence-electron chi connectivity index (χ3n) is 4.55. The molecule has 1 aliphatic rings. The lowest BCUT2D eigenvalue weighted by Gasteiger charge is -2.37. The minimum absolute atomic E-state index is 0.380. The summed E-state index contributed by atoms with van der Waals surface area (Å²) in [4.78, 5) is 11.3. The smallest absolute Gasteiger partial charge is 0.250 e. The fourth-order valence-corrected chi connectivity index (χ4v) is 3.35. The van der Waals surface area contributed by atoms with Crippen molar-refractivity contribution in [2.24, 2.45) is 17.1 Å². The summed E-state index contributed by atoms with van der Waals surface area (Å²) in [7, 11) is 0. The number of primary amides is 1. The Morgan fingerprint density at radius 3 is 2.38 bits per heavy atom. The summed E-state index contributed by atoms with van der Waals surface area (Å²) in [6.07, 6.45) is 4.82. The molecule has 3 N–H and O–H groups in total. The summed E-state index contributed by atoms with van der Waals surface area (Å²) in [5, 5.41) is 3.92. The molecule has 0 radical (unpaired) electrons. The number of anilines is 1. The van der Waals surface area contributed by atoms with Crippen molar-refractivity contribution >= 4 is 23.2 Å². The van der Waals surface area contributed by atoms with Crippen molar-refractivity contribution in [1.82, 2.24) is 0 Å². The molecule has 0 bridgehead atoms. The number of hydrogen-bond donors (Lipinski definition) is 2. The molecular formula is C17H25ClN2O. The highest BCUT2D eigenvalue weighted by atomic mass is 35.5. The van der Waals surface area contributed by atoms with Gasteiger partial charge in [0.25, 0.3) is 0 Å². The quantitative estimate of drug-likeness (QED) is 0.866. The molecule has 0 unspecified atom stereocenters. The van der Waals surface area contributed by atoms with Gasteiger partial charge in [0.1, 0.15) is 0 Å². The molecule has 1 saturated carbocycles. The predicted molar refractivity (Wildman–Crippen MR) is 88.8 cm³/mol. The van der Waals surface area contributed by atoms with Crippen LogP contribution in [0.25, 0.3) is 0 Å². The summed E-state index contributed by atoms with van der Waals surface area (Å²) in [5.74, 6) is 0.307. The maximum Gasteiger partial charge on any atom is 0.250 e. The van der Waals surface area contributed by atoms with E-state index in [0.717, 1.165) is 24.4 Å². The Balaban J connectivity index is 1.98. The molecular weight excluding hydrogens is 284 g/mol. The highest BCUT2D eigenvalue weighted by Crippen LogP contribution is 2.38. The highest BCUT2D eigenvalue weighted by molar-refractivity contribution is 6.33. The average Bonchev–Trinajstić information content (AvgIpc) is 2.40. The van der Waals surface area contributed by atoms with Gasteiger partial charge >= 0.3 is 0 Å². The lowest BCUT2D eigenvalue weighted by molar-refractivity contribution is 0.100. The molecule has 0 spiro atoms. The molecule has 3 nitrogen and oxygen atoms in total. The second-order valence-corrected chi connectivity index (χ2v) is 7.52. The van der Waals surface area contributed by atoms with E-state index in [1.807, 2.05) is 6.07 Å². The predicted octanol–water partition coefficient (Wildman–Crippen LogP) is 4.46. The number of rotatable bonds is 3. The van der Waals surface area contributed by atoms with Crippen molar-refractivity contribution in [3.8, 4) is 0 Å². The monoisotopic (exact) mass is 308 g/mol. The Morgan fingerprint density at radius 2 is 1.86 bits per heavy atom. The molecule has 0 atom stereocenters. The van der Waals surface area contributed by atoms with Gasteiger partial charge in [-0.05, 0) is 55.2 Å². The molecule has 4 heteroatoms. The first kappa shape index (κ1) is 16.2. The topological polar surface area (TPSA) is 55.1 Å². The Kier molecular flexibility index (Phi) is 4.82. The minimum Gasteiger partial charge on any atom is -0.382 e. The van der Waals surface area contributed by atoms with Crippen molar-refractivity contribution in [3.63, 3.8) is 0 Å². The van der Waals surface area contributed by atoms with Crippen LogP contribution < -0.4 is 11.1 Å². The standard InChI is InChI=1S/C17H25ClN2O/c1-17(2,3)11-4-6-12(7-5-11)20-13-8-9-15(18)14(10-13)16(19)21/h8-12,20H,4-7H2,1-3H3,(H2,19,21). The SMILES string of the molecule is CC(C)(C)C1CCC(Nc2ccc(Cl)c(C(N)=O)c2)CC1. The first-order valence-electron chi connectivity index (χ1n) is 7.63. The number of halogens is 1. The van der Waals surface area contributed by atoms with Gasteiger partial charge in [-0.25, -0.2) is 0 Å². The van der Waals surface area contributed by atoms with Crippen LogP contribution in [0.3, 0.4) is 0 Å². The van der Waals surface area contributed by atoms with Crippen LogP contribution in [0.1, 0.15) is 56.8 Å². The van der Waals surface area contributed by atoms with Gasteiger partial charge in [0.2, 0.25) is 5.91 Å². The summed E-state index contributed by atoms with van der Waals surface area (Å²) in [6, 6.07) is 5.85. The van der Waals surface area contributed by atoms with E-state index in [4.69, 9.17) is 17.3 Å². The van der Waals surface area contributed by atoms with Gasteiger partial charge in [-0.2, -0.15) is 0 Å². The second kappa shape index (κ2) is 6.27. The molecule has 0 saturated heterocycles. The summed E-state index contributed by atoms with van der Waals surface area (Å²) in [5.41, 5.74) is 7.03. The van der Waals surface area contributed by atoms with E-state index in [1.54, 1.807) is 12.1 Å². The van der Waals surface area contributed by atoms with E-state index in [9.17, 15) is 4.79 Å². The average molecular weight is 309 g/mol. The van der Waals surface area contributed by atoms with Gasteiger partial charge in [0, 0.05) is 11.7 Å². The molecule has 0 aliphatic heterocycles. The van der Waals surface area contributed by atoms with Crippen molar-refractivity contribution < 1.29 is 4.79 Å². The second-order valence-electron chi connectivity index (χ2n) is 7.12. The van der Waals surface area contributed by atoms with Crippen molar-refractivity contribution in [1.29, 1.82) is 0 Å². The van der Waals surface area contributed by atoms with Crippen LogP contribution >= 0.6 is 11.6 Å². The fourth-order valence-electron chi connectivity index (χ4n) is 3.14. The maximum atomic E-state index is 11.3. The van der Waals surface area contributed by atoms with Crippen molar-refractivity contribution in [2.45, 2.75) is 52.5 Å². The van der Waals surface area contributed by atoms with Gasteiger partial charge in [-0.1, -0.05) is 32.4 Å². The summed E-state index contributed by atoms with van der Waals surface area (Å²) >= 11 is 5.97. The van der Waals surface area contributed by atoms with Crippen LogP contribution in [0.4, 0.5) is 5.69 Å². The number of nitrogens with one attached hydrogen (secondary N) is 1. The van der Waals surface area contributed by atoms with Crippen LogP contribution in [0.2, 0.25) is 5.02 Å². The zero-order valence-electron chi connectivity index (χ0n) is 13.1. The van der Waals surface area contributed by atoms with Crippen LogP contribution in [0.5, 0.6) is 0 Å². The Labute approximate surface area is 132 Å². The number of carbonyl (C=O) groups excluding carboxylic acids is 1. The lowest BCUT2D eigenvalue weighted by atomic mass is 9.71. The van der Waals surface area contributed by atoms with Gasteiger partial charge in [-0.3, -0.25) is 4.79 Å². The highest BCUT2D eigenvalue weighted by Gasteiger charge is 2.29. The number of amides is 1. The first-order chi connectivity index (χ1) is 9.77. The van der Waals surface area contributed by atoms with Gasteiger partial charge < -0.3 is 11.1 Å². The van der Waals surface area contributed by atoms with E-state index in [-0.39, 0.29) is 0 Å². The molecule has 1 fully saturated rings. The molecule has 116 valence electrons. The number of benzene rings is 1. The molecule has 0 aromatic heterocycles. The van der Waals surface area contributed by atoms with E-state index in [1.165, 1.54) is 12.8 Å². The zero-order valence-corrected chi connectivity index (χ0v) is 13.8. The number of carbonyl (C=O) groups is 1. The number of hydrogen-bond acceptors (Lipinski definition) is 2. The van der Waals surface area contributed by atoms with E-state index >= 15 is 0 Å². The van der Waals surface area contributed by atoms with E-state index in [0.29, 0.717) is 22.0 Å². The molecule has 1 aliphatic carbocycles. The van der Waals surface area contributed by atoms with Gasteiger partial charge in [0.15, 0.2) is 0 Å². The van der Waals surface area contributed by atoms with E-state index in [2.05, 4.69) is 26.1 Å². The molecule has 1 amide bonds. The largest absolute Gasteiger partial charge is 0.382 e. The van der Waals surface area contributed by atoms with E-state index < -0.39 is 5.91 Å². The summed E-state index contributed by atoms with van der Waals surface area (Å²) in [6.45, 7) is 6.97.